The minimum Gasteiger partial charge on any atom is -0.326 e. The first-order valence-corrected chi connectivity index (χ1v) is 10.1. The molecule has 7 nitrogen and oxygen atoms in total. The molecule has 1 aromatic rings. The number of nitrogens with zero attached hydrogens (tertiary/aromatic N) is 2. The van der Waals surface area contributed by atoms with Gasteiger partial charge in [0.25, 0.3) is 0 Å². The molecule has 0 bridgehead atoms. The molecule has 0 aliphatic carbocycles. The van der Waals surface area contributed by atoms with Crippen LogP contribution in [0.15, 0.2) is 24.3 Å². The first-order chi connectivity index (χ1) is 13.3. The lowest BCUT2D eigenvalue weighted by molar-refractivity contribution is -0.121. The molecule has 154 valence electrons. The van der Waals surface area contributed by atoms with Crippen LogP contribution in [0.2, 0.25) is 0 Å². The number of rotatable bonds is 6. The molecule has 2 N–H and O–H groups in total. The molecule has 1 aliphatic rings. The van der Waals surface area contributed by atoms with Crippen molar-refractivity contribution >= 4 is 29.2 Å². The van der Waals surface area contributed by atoms with E-state index >= 15 is 0 Å². The number of carbonyl (C=O) groups excluding carboxylic acids is 3. The monoisotopic (exact) mass is 388 g/mol. The summed E-state index contributed by atoms with van der Waals surface area (Å²) >= 11 is 0. The number of piperidine rings is 1. The van der Waals surface area contributed by atoms with Gasteiger partial charge in [0, 0.05) is 43.5 Å². The van der Waals surface area contributed by atoms with Gasteiger partial charge in [-0.05, 0) is 44.9 Å². The van der Waals surface area contributed by atoms with E-state index in [1.165, 1.54) is 0 Å². The molecular formula is C21H32N4O3. The summed E-state index contributed by atoms with van der Waals surface area (Å²) in [6, 6.07) is 7.13. The Kier molecular flexibility index (Phi) is 7.84. The molecule has 0 aromatic heterocycles. The van der Waals surface area contributed by atoms with Crippen LogP contribution in [-0.4, -0.2) is 53.8 Å². The third-order valence-electron chi connectivity index (χ3n) is 5.02. The van der Waals surface area contributed by atoms with Crippen molar-refractivity contribution in [3.63, 3.8) is 0 Å². The van der Waals surface area contributed by atoms with Gasteiger partial charge in [-0.3, -0.25) is 9.59 Å². The Labute approximate surface area is 167 Å². The minimum atomic E-state index is -0.234. The third-order valence-corrected chi connectivity index (χ3v) is 5.02. The second-order valence-electron chi connectivity index (χ2n) is 7.45. The van der Waals surface area contributed by atoms with E-state index in [0.29, 0.717) is 37.6 Å². The van der Waals surface area contributed by atoms with Gasteiger partial charge in [0.05, 0.1) is 5.92 Å². The number of likely N-dealkylation sites (tertiary alicyclic amines) is 1. The first kappa shape index (κ1) is 21.7. The van der Waals surface area contributed by atoms with Crippen LogP contribution in [0.5, 0.6) is 0 Å². The maximum absolute atomic E-state index is 12.7. The number of amides is 4. The van der Waals surface area contributed by atoms with Crippen molar-refractivity contribution < 1.29 is 14.4 Å². The molecule has 4 amide bonds. The van der Waals surface area contributed by atoms with Gasteiger partial charge in [-0.2, -0.15) is 0 Å². The summed E-state index contributed by atoms with van der Waals surface area (Å²) in [7, 11) is 0. The number of hydrogen-bond donors (Lipinski definition) is 2. The van der Waals surface area contributed by atoms with E-state index in [1.54, 1.807) is 34.1 Å². The fourth-order valence-corrected chi connectivity index (χ4v) is 3.26. The minimum absolute atomic E-state index is 0.000829. The Morgan fingerprint density at radius 2 is 1.79 bits per heavy atom. The van der Waals surface area contributed by atoms with Crippen LogP contribution < -0.4 is 10.6 Å². The molecule has 1 aliphatic heterocycles. The SMILES string of the molecule is CCN(CC)C(=O)N1CCC[C@H](C(=O)Nc2cccc(NC(=O)C(C)C)c2)C1. The van der Waals surface area contributed by atoms with E-state index in [2.05, 4.69) is 10.6 Å². The quantitative estimate of drug-likeness (QED) is 0.784. The number of hydrogen-bond acceptors (Lipinski definition) is 3. The lowest BCUT2D eigenvalue weighted by Gasteiger charge is -2.35. The van der Waals surface area contributed by atoms with Gasteiger partial charge in [0.2, 0.25) is 11.8 Å². The molecule has 0 saturated carbocycles. The van der Waals surface area contributed by atoms with Crippen molar-refractivity contribution in [2.45, 2.75) is 40.5 Å². The molecule has 1 atom stereocenters. The molecule has 1 saturated heterocycles. The second kappa shape index (κ2) is 10.1. The lowest BCUT2D eigenvalue weighted by atomic mass is 9.97. The highest BCUT2D eigenvalue weighted by atomic mass is 16.2. The fraction of sp³-hybridized carbons (Fsp3) is 0.571. The van der Waals surface area contributed by atoms with E-state index in [4.69, 9.17) is 0 Å². The van der Waals surface area contributed by atoms with Crippen molar-refractivity contribution in [2.75, 3.05) is 36.8 Å². The molecule has 2 rings (SSSR count). The Morgan fingerprint density at radius 1 is 1.14 bits per heavy atom. The average molecular weight is 389 g/mol. The zero-order valence-corrected chi connectivity index (χ0v) is 17.3. The molecule has 0 spiro atoms. The zero-order chi connectivity index (χ0) is 20.7. The highest BCUT2D eigenvalue weighted by molar-refractivity contribution is 5.95. The largest absolute Gasteiger partial charge is 0.326 e. The summed E-state index contributed by atoms with van der Waals surface area (Å²) in [5, 5.41) is 5.76. The van der Waals surface area contributed by atoms with Gasteiger partial charge in [0.15, 0.2) is 0 Å². The Hall–Kier alpha value is -2.57. The Morgan fingerprint density at radius 3 is 2.39 bits per heavy atom. The number of anilines is 2. The Bertz CT molecular complexity index is 701. The fourth-order valence-electron chi connectivity index (χ4n) is 3.26. The number of benzene rings is 1. The molecule has 0 radical (unpaired) electrons. The summed E-state index contributed by atoms with van der Waals surface area (Å²) < 4.78 is 0. The number of urea groups is 1. The Balaban J connectivity index is 1.98. The van der Waals surface area contributed by atoms with Crippen molar-refractivity contribution in [1.29, 1.82) is 0 Å². The number of nitrogens with one attached hydrogen (secondary N) is 2. The van der Waals surface area contributed by atoms with Crippen LogP contribution in [0.25, 0.3) is 0 Å². The molecule has 7 heteroatoms. The molecule has 28 heavy (non-hydrogen) atoms. The summed E-state index contributed by atoms with van der Waals surface area (Å²) in [6.45, 7) is 10.0. The van der Waals surface area contributed by atoms with E-state index in [0.717, 1.165) is 12.8 Å². The van der Waals surface area contributed by atoms with Crippen LogP contribution in [-0.2, 0) is 9.59 Å². The molecule has 0 unspecified atom stereocenters. The normalized spacial score (nSPS) is 16.6. The van der Waals surface area contributed by atoms with Crippen molar-refractivity contribution in [3.8, 4) is 0 Å². The zero-order valence-electron chi connectivity index (χ0n) is 17.3. The molecule has 1 fully saturated rings. The molecule has 1 heterocycles. The van der Waals surface area contributed by atoms with Crippen LogP contribution >= 0.6 is 0 Å². The molecule has 1 aromatic carbocycles. The van der Waals surface area contributed by atoms with E-state index in [-0.39, 0.29) is 29.7 Å². The number of carbonyl (C=O) groups is 3. The van der Waals surface area contributed by atoms with Gasteiger partial charge in [-0.1, -0.05) is 19.9 Å². The highest BCUT2D eigenvalue weighted by Crippen LogP contribution is 2.21. The van der Waals surface area contributed by atoms with Crippen LogP contribution in [0, 0.1) is 11.8 Å². The predicted molar refractivity (Wildman–Crippen MR) is 111 cm³/mol. The predicted octanol–water partition coefficient (Wildman–Crippen LogP) is 3.39. The van der Waals surface area contributed by atoms with Crippen molar-refractivity contribution in [3.05, 3.63) is 24.3 Å². The van der Waals surface area contributed by atoms with Crippen molar-refractivity contribution in [2.24, 2.45) is 11.8 Å². The summed E-state index contributed by atoms with van der Waals surface area (Å²) in [5.41, 5.74) is 1.29. The summed E-state index contributed by atoms with van der Waals surface area (Å²) in [5.74, 6) is -0.511. The standard InChI is InChI=1S/C21H32N4O3/c1-5-24(6-2)21(28)25-12-8-9-16(14-25)20(27)23-18-11-7-10-17(13-18)22-19(26)15(3)4/h7,10-11,13,15-16H,5-6,8-9,12,14H2,1-4H3,(H,22,26)(H,23,27)/t16-/m0/s1. The van der Waals surface area contributed by atoms with Gasteiger partial charge in [0.1, 0.15) is 0 Å². The maximum atomic E-state index is 12.7. The van der Waals surface area contributed by atoms with Gasteiger partial charge < -0.3 is 20.4 Å². The first-order valence-electron chi connectivity index (χ1n) is 10.1. The third kappa shape index (κ3) is 5.71. The average Bonchev–Trinajstić information content (AvgIpc) is 2.69. The maximum Gasteiger partial charge on any atom is 0.320 e. The second-order valence-corrected chi connectivity index (χ2v) is 7.45. The van der Waals surface area contributed by atoms with Crippen LogP contribution in [0.1, 0.15) is 40.5 Å². The van der Waals surface area contributed by atoms with Gasteiger partial charge in [-0.15, -0.1) is 0 Å². The van der Waals surface area contributed by atoms with E-state index in [9.17, 15) is 14.4 Å². The highest BCUT2D eigenvalue weighted by Gasteiger charge is 2.30. The van der Waals surface area contributed by atoms with E-state index in [1.807, 2.05) is 27.7 Å². The van der Waals surface area contributed by atoms with Gasteiger partial charge >= 0.3 is 6.03 Å². The van der Waals surface area contributed by atoms with E-state index < -0.39 is 0 Å². The topological polar surface area (TPSA) is 81.8 Å². The lowest BCUT2D eigenvalue weighted by Crippen LogP contribution is -2.49. The summed E-state index contributed by atoms with van der Waals surface area (Å²) in [4.78, 5) is 40.7. The van der Waals surface area contributed by atoms with Crippen LogP contribution in [0.3, 0.4) is 0 Å². The van der Waals surface area contributed by atoms with Crippen molar-refractivity contribution in [1.82, 2.24) is 9.80 Å². The van der Waals surface area contributed by atoms with Gasteiger partial charge in [-0.25, -0.2) is 4.79 Å². The summed E-state index contributed by atoms with van der Waals surface area (Å²) in [6.07, 6.45) is 1.58. The molecular weight excluding hydrogens is 356 g/mol. The smallest absolute Gasteiger partial charge is 0.320 e. The van der Waals surface area contributed by atoms with Crippen LogP contribution in [0.4, 0.5) is 16.2 Å².